The van der Waals surface area contributed by atoms with Gasteiger partial charge in [0.1, 0.15) is 0 Å². The van der Waals surface area contributed by atoms with Crippen molar-refractivity contribution in [3.63, 3.8) is 0 Å². The fourth-order valence-electron chi connectivity index (χ4n) is 3.36. The van der Waals surface area contributed by atoms with Crippen molar-refractivity contribution in [3.05, 3.63) is 57.5 Å². The first-order valence-corrected chi connectivity index (χ1v) is 9.41. The predicted molar refractivity (Wildman–Crippen MR) is 102 cm³/mol. The number of alkyl halides is 3. The van der Waals surface area contributed by atoms with E-state index in [1.807, 2.05) is 0 Å². The molecular weight excluding hydrogens is 401 g/mol. The first-order chi connectivity index (χ1) is 14.1. The van der Waals surface area contributed by atoms with Gasteiger partial charge in [-0.1, -0.05) is 6.07 Å². The molecule has 0 saturated carbocycles. The normalized spacial score (nSPS) is 15.1. The Balaban J connectivity index is 1.95. The molecule has 2 amide bonds. The zero-order valence-electron chi connectivity index (χ0n) is 16.6. The van der Waals surface area contributed by atoms with E-state index in [0.717, 1.165) is 16.8 Å². The lowest BCUT2D eigenvalue weighted by atomic mass is 10.2. The van der Waals surface area contributed by atoms with Gasteiger partial charge in [-0.25, -0.2) is 4.68 Å². The third-order valence-electron chi connectivity index (χ3n) is 4.96. The summed E-state index contributed by atoms with van der Waals surface area (Å²) in [7, 11) is 0. The van der Waals surface area contributed by atoms with Crippen molar-refractivity contribution in [3.8, 4) is 5.69 Å². The Morgan fingerprint density at radius 3 is 2.37 bits per heavy atom. The standard InChI is InChI=1S/C20H21F3N4O3/c1-13-11-17(29)18(19(30)26-8-4-7-25(9-10-26)14(2)28)24-27(13)16-6-3-5-15(12-16)20(21,22)23/h3,5-6,11-12H,4,7-10H2,1-2H3. The summed E-state index contributed by atoms with van der Waals surface area (Å²) in [5.74, 6) is -0.698. The van der Waals surface area contributed by atoms with Gasteiger partial charge in [-0.2, -0.15) is 18.3 Å². The number of hydrogen-bond acceptors (Lipinski definition) is 4. The quantitative estimate of drug-likeness (QED) is 0.744. The van der Waals surface area contributed by atoms with Gasteiger partial charge in [0, 0.05) is 44.9 Å². The van der Waals surface area contributed by atoms with Crippen LogP contribution in [0.15, 0.2) is 35.1 Å². The molecule has 1 aliphatic rings. The maximum absolute atomic E-state index is 13.1. The molecule has 2 aromatic rings. The molecule has 30 heavy (non-hydrogen) atoms. The Bertz CT molecular complexity index is 1030. The summed E-state index contributed by atoms with van der Waals surface area (Å²) in [6.07, 6.45) is -3.98. The van der Waals surface area contributed by atoms with Crippen LogP contribution in [0.1, 0.15) is 35.1 Å². The van der Waals surface area contributed by atoms with Crippen molar-refractivity contribution in [1.29, 1.82) is 0 Å². The van der Waals surface area contributed by atoms with Crippen molar-refractivity contribution in [2.24, 2.45) is 0 Å². The predicted octanol–water partition coefficient (Wildman–Crippen LogP) is 2.25. The Morgan fingerprint density at radius 1 is 1.03 bits per heavy atom. The van der Waals surface area contributed by atoms with Crippen LogP contribution >= 0.6 is 0 Å². The fraction of sp³-hybridized carbons (Fsp3) is 0.400. The van der Waals surface area contributed by atoms with Crippen LogP contribution in [0.5, 0.6) is 0 Å². The topological polar surface area (TPSA) is 75.5 Å². The average molecular weight is 422 g/mol. The molecule has 1 aromatic heterocycles. The molecule has 7 nitrogen and oxygen atoms in total. The number of carbonyl (C=O) groups excluding carboxylic acids is 2. The van der Waals surface area contributed by atoms with E-state index in [9.17, 15) is 27.6 Å². The summed E-state index contributed by atoms with van der Waals surface area (Å²) in [6.45, 7) is 4.42. The average Bonchev–Trinajstić information content (AvgIpc) is 2.93. The van der Waals surface area contributed by atoms with Gasteiger partial charge in [0.25, 0.3) is 5.91 Å². The first kappa shape index (κ1) is 21.5. The number of hydrogen-bond donors (Lipinski definition) is 0. The second kappa shape index (κ2) is 8.29. The third-order valence-corrected chi connectivity index (χ3v) is 4.96. The molecule has 2 heterocycles. The van der Waals surface area contributed by atoms with Crippen LogP contribution in [0.25, 0.3) is 5.69 Å². The van der Waals surface area contributed by atoms with Crippen LogP contribution in [0.3, 0.4) is 0 Å². The van der Waals surface area contributed by atoms with Crippen LogP contribution in [-0.4, -0.2) is 57.6 Å². The molecule has 0 aliphatic carbocycles. The minimum absolute atomic E-state index is 0.0926. The lowest BCUT2D eigenvalue weighted by Crippen LogP contribution is -2.39. The highest BCUT2D eigenvalue weighted by molar-refractivity contribution is 5.92. The lowest BCUT2D eigenvalue weighted by molar-refractivity contribution is -0.137. The largest absolute Gasteiger partial charge is 0.416 e. The highest BCUT2D eigenvalue weighted by Crippen LogP contribution is 2.30. The van der Waals surface area contributed by atoms with Gasteiger partial charge < -0.3 is 9.80 Å². The van der Waals surface area contributed by atoms with Crippen LogP contribution in [0.2, 0.25) is 0 Å². The van der Waals surface area contributed by atoms with Crippen molar-refractivity contribution >= 4 is 11.8 Å². The lowest BCUT2D eigenvalue weighted by Gasteiger charge is -2.21. The molecule has 0 spiro atoms. The van der Waals surface area contributed by atoms with Gasteiger partial charge in [-0.05, 0) is 31.5 Å². The number of nitrogens with zero attached hydrogens (tertiary/aromatic N) is 4. The van der Waals surface area contributed by atoms with Gasteiger partial charge >= 0.3 is 6.18 Å². The summed E-state index contributed by atoms with van der Waals surface area (Å²) >= 11 is 0. The number of rotatable bonds is 2. The SMILES string of the molecule is CC(=O)N1CCCN(C(=O)c2nn(-c3cccc(C(F)(F)F)c3)c(C)cc2=O)CC1. The van der Waals surface area contributed by atoms with E-state index in [2.05, 4.69) is 5.10 Å². The fourth-order valence-corrected chi connectivity index (χ4v) is 3.36. The molecule has 160 valence electrons. The van der Waals surface area contributed by atoms with Crippen molar-refractivity contribution in [2.45, 2.75) is 26.4 Å². The molecule has 0 atom stereocenters. The Morgan fingerprint density at radius 2 is 1.70 bits per heavy atom. The van der Waals surface area contributed by atoms with E-state index >= 15 is 0 Å². The molecule has 1 saturated heterocycles. The Kier molecular flexibility index (Phi) is 5.95. The highest BCUT2D eigenvalue weighted by atomic mass is 19.4. The van der Waals surface area contributed by atoms with Crippen LogP contribution in [-0.2, 0) is 11.0 Å². The number of aromatic nitrogens is 2. The van der Waals surface area contributed by atoms with Gasteiger partial charge in [0.05, 0.1) is 11.3 Å². The second-order valence-electron chi connectivity index (χ2n) is 7.11. The Hall–Kier alpha value is -3.17. The zero-order chi connectivity index (χ0) is 22.1. The molecule has 0 N–H and O–H groups in total. The number of benzene rings is 1. The van der Waals surface area contributed by atoms with E-state index in [4.69, 9.17) is 0 Å². The van der Waals surface area contributed by atoms with Gasteiger partial charge in [0.15, 0.2) is 5.69 Å². The molecule has 0 radical (unpaired) electrons. The van der Waals surface area contributed by atoms with Gasteiger partial charge in [-0.15, -0.1) is 0 Å². The summed E-state index contributed by atoms with van der Waals surface area (Å²) in [5, 5.41) is 4.09. The molecule has 1 fully saturated rings. The van der Waals surface area contributed by atoms with Gasteiger partial charge in [0.2, 0.25) is 11.3 Å². The minimum atomic E-state index is -4.53. The van der Waals surface area contributed by atoms with E-state index < -0.39 is 23.1 Å². The molecule has 0 bridgehead atoms. The number of amides is 2. The summed E-state index contributed by atoms with van der Waals surface area (Å²) in [6, 6.07) is 5.69. The number of halogens is 3. The first-order valence-electron chi connectivity index (χ1n) is 9.41. The van der Waals surface area contributed by atoms with E-state index in [0.29, 0.717) is 31.7 Å². The maximum atomic E-state index is 13.1. The monoisotopic (exact) mass is 422 g/mol. The molecular formula is C20H21F3N4O3. The van der Waals surface area contributed by atoms with Crippen LogP contribution < -0.4 is 5.43 Å². The summed E-state index contributed by atoms with van der Waals surface area (Å²) < 4.78 is 40.3. The number of aryl methyl sites for hydroxylation is 1. The van der Waals surface area contributed by atoms with Crippen LogP contribution in [0.4, 0.5) is 13.2 Å². The molecule has 3 rings (SSSR count). The van der Waals surface area contributed by atoms with E-state index in [-0.39, 0.29) is 23.8 Å². The zero-order valence-corrected chi connectivity index (χ0v) is 16.6. The minimum Gasteiger partial charge on any atom is -0.341 e. The third kappa shape index (κ3) is 4.52. The summed E-state index contributed by atoms with van der Waals surface area (Å²) in [5.41, 5.74) is -1.43. The van der Waals surface area contributed by atoms with Crippen molar-refractivity contribution < 1.29 is 22.8 Å². The van der Waals surface area contributed by atoms with E-state index in [1.54, 1.807) is 4.90 Å². The van der Waals surface area contributed by atoms with E-state index in [1.165, 1.54) is 36.9 Å². The maximum Gasteiger partial charge on any atom is 0.416 e. The highest BCUT2D eigenvalue weighted by Gasteiger charge is 2.31. The molecule has 0 unspecified atom stereocenters. The van der Waals surface area contributed by atoms with Crippen molar-refractivity contribution in [2.75, 3.05) is 26.2 Å². The smallest absolute Gasteiger partial charge is 0.341 e. The Labute approximate surface area is 170 Å². The molecule has 1 aliphatic heterocycles. The van der Waals surface area contributed by atoms with Gasteiger partial charge in [-0.3, -0.25) is 14.4 Å². The molecule has 1 aromatic carbocycles. The number of carbonyl (C=O) groups is 2. The second-order valence-corrected chi connectivity index (χ2v) is 7.11. The van der Waals surface area contributed by atoms with Crippen molar-refractivity contribution in [1.82, 2.24) is 19.6 Å². The van der Waals surface area contributed by atoms with Crippen LogP contribution in [0, 0.1) is 6.92 Å². The molecule has 10 heteroatoms. The summed E-state index contributed by atoms with van der Waals surface area (Å²) in [4.78, 5) is 40.0.